The largest absolute Gasteiger partial charge is 0.352 e. The first-order chi connectivity index (χ1) is 8.24. The van der Waals surface area contributed by atoms with Crippen molar-refractivity contribution in [2.45, 2.75) is 12.8 Å². The monoisotopic (exact) mass is 341 g/mol. The summed E-state index contributed by atoms with van der Waals surface area (Å²) in [6.07, 6.45) is 1.94. The van der Waals surface area contributed by atoms with Crippen molar-refractivity contribution >= 4 is 34.8 Å². The minimum atomic E-state index is -0.0789. The summed E-state index contributed by atoms with van der Waals surface area (Å²) >= 11 is 2.19. The van der Waals surface area contributed by atoms with E-state index in [1.165, 1.54) is 0 Å². The van der Waals surface area contributed by atoms with E-state index < -0.39 is 0 Å². The van der Waals surface area contributed by atoms with Gasteiger partial charge in [-0.25, -0.2) is 0 Å². The minimum Gasteiger partial charge on any atom is -0.352 e. The molecule has 0 aromatic heterocycles. The lowest BCUT2D eigenvalue weighted by molar-refractivity contribution is -0.103. The molecule has 1 aromatic rings. The summed E-state index contributed by atoms with van der Waals surface area (Å²) < 4.78 is 1.10. The molecule has 0 heterocycles. The van der Waals surface area contributed by atoms with Crippen LogP contribution in [0.25, 0.3) is 0 Å². The molecule has 0 fully saturated rings. The summed E-state index contributed by atoms with van der Waals surface area (Å²) in [5.41, 5.74) is 0.657. The Balaban J connectivity index is 2.30. The molecule has 0 atom stereocenters. The summed E-state index contributed by atoms with van der Waals surface area (Å²) in [6.45, 7) is 0.568. The van der Waals surface area contributed by atoms with Gasteiger partial charge in [0.05, 0.1) is 0 Å². The molecule has 3 nitrogen and oxygen atoms in total. The Morgan fingerprint density at radius 3 is 2.71 bits per heavy atom. The lowest BCUT2D eigenvalue weighted by Crippen LogP contribution is -2.24. The van der Waals surface area contributed by atoms with Gasteiger partial charge < -0.3 is 5.32 Å². The average molecular weight is 341 g/mol. The van der Waals surface area contributed by atoms with Gasteiger partial charge in [-0.2, -0.15) is 0 Å². The fourth-order valence-electron chi connectivity index (χ4n) is 1.20. The fourth-order valence-corrected chi connectivity index (χ4v) is 1.56. The molecule has 0 saturated heterocycles. The number of aldehydes is 1. The van der Waals surface area contributed by atoms with Crippen LogP contribution in [-0.2, 0) is 4.79 Å². The zero-order valence-electron chi connectivity index (χ0n) is 9.20. The third-order valence-corrected chi connectivity index (χ3v) is 2.75. The Morgan fingerprint density at radius 1 is 1.35 bits per heavy atom. The van der Waals surface area contributed by atoms with Crippen LogP contribution in [-0.4, -0.2) is 18.7 Å². The van der Waals surface area contributed by atoms with Crippen LogP contribution in [0.1, 0.15) is 23.2 Å². The summed E-state index contributed by atoms with van der Waals surface area (Å²) in [7, 11) is 0. The van der Waals surface area contributed by atoms with Crippen LogP contribution in [0.2, 0.25) is 0 Å². The smallest absolute Gasteiger partial charge is 0.251 e. The number of nitrogens with one attached hydrogen (secondary N) is 1. The first kappa shape index (κ1) is 13.7. The molecule has 1 amide bonds. The van der Waals surface area contributed by atoms with E-state index in [9.17, 15) is 9.59 Å². The van der Waals surface area contributed by atoms with Gasteiger partial charge >= 0.3 is 0 Å². The Labute approximate surface area is 114 Å². The number of rotatable bonds is 4. The molecule has 0 unspecified atom stereocenters. The van der Waals surface area contributed by atoms with Crippen LogP contribution >= 0.6 is 22.6 Å². The summed E-state index contributed by atoms with van der Waals surface area (Å²) in [4.78, 5) is 21.6. The average Bonchev–Trinajstić information content (AvgIpc) is 2.34. The van der Waals surface area contributed by atoms with Crippen molar-refractivity contribution in [1.82, 2.24) is 5.32 Å². The molecule has 0 bridgehead atoms. The Hall–Kier alpha value is -1.35. The number of amides is 1. The molecule has 0 aliphatic heterocycles. The number of hydrogen-bond donors (Lipinski definition) is 1. The van der Waals surface area contributed by atoms with E-state index in [4.69, 9.17) is 0 Å². The zero-order chi connectivity index (χ0) is 12.5. The van der Waals surface area contributed by atoms with Crippen LogP contribution in [0, 0.1) is 15.4 Å². The number of benzene rings is 1. The van der Waals surface area contributed by atoms with Gasteiger partial charge in [0.25, 0.3) is 5.91 Å². The predicted octanol–water partition coefficient (Wildman–Crippen LogP) is 2.00. The van der Waals surface area contributed by atoms with Gasteiger partial charge in [0.15, 0.2) is 6.29 Å². The molecule has 1 aromatic carbocycles. The lowest BCUT2D eigenvalue weighted by atomic mass is 10.2. The summed E-state index contributed by atoms with van der Waals surface area (Å²) in [5.74, 6) is 4.94. The van der Waals surface area contributed by atoms with Gasteiger partial charge in [0.2, 0.25) is 0 Å². The molecule has 0 saturated carbocycles. The molecule has 1 rings (SSSR count). The Morgan fingerprint density at radius 2 is 2.06 bits per heavy atom. The highest BCUT2D eigenvalue weighted by molar-refractivity contribution is 14.1. The zero-order valence-corrected chi connectivity index (χ0v) is 11.4. The van der Waals surface area contributed by atoms with Crippen molar-refractivity contribution in [3.8, 4) is 11.8 Å². The van der Waals surface area contributed by atoms with Crippen molar-refractivity contribution in [1.29, 1.82) is 0 Å². The molecule has 17 heavy (non-hydrogen) atoms. The van der Waals surface area contributed by atoms with Crippen LogP contribution in [0.4, 0.5) is 0 Å². The van der Waals surface area contributed by atoms with Gasteiger partial charge in [-0.05, 0) is 59.2 Å². The molecular weight excluding hydrogens is 329 g/mol. The van der Waals surface area contributed by atoms with E-state index in [0.29, 0.717) is 24.8 Å². The second-order valence-electron chi connectivity index (χ2n) is 3.31. The van der Waals surface area contributed by atoms with E-state index in [1.807, 2.05) is 12.1 Å². The highest BCUT2D eigenvalue weighted by atomic mass is 127. The number of hydrogen-bond acceptors (Lipinski definition) is 2. The van der Waals surface area contributed by atoms with E-state index >= 15 is 0 Å². The third kappa shape index (κ3) is 5.50. The maximum Gasteiger partial charge on any atom is 0.251 e. The quantitative estimate of drug-likeness (QED) is 0.394. The third-order valence-electron chi connectivity index (χ3n) is 2.03. The molecular formula is C13H12INO2. The van der Waals surface area contributed by atoms with E-state index in [1.54, 1.807) is 12.1 Å². The van der Waals surface area contributed by atoms with E-state index in [2.05, 4.69) is 39.7 Å². The summed E-state index contributed by atoms with van der Waals surface area (Å²) in [5, 5.41) is 2.80. The highest BCUT2D eigenvalue weighted by Gasteiger charge is 2.03. The Bertz CT molecular complexity index is 443. The van der Waals surface area contributed by atoms with Crippen molar-refractivity contribution in [2.75, 3.05) is 6.54 Å². The van der Waals surface area contributed by atoms with E-state index in [-0.39, 0.29) is 5.91 Å². The first-order valence-corrected chi connectivity index (χ1v) is 6.27. The fraction of sp³-hybridized carbons (Fsp3) is 0.231. The first-order valence-electron chi connectivity index (χ1n) is 5.20. The van der Waals surface area contributed by atoms with Gasteiger partial charge in [0, 0.05) is 22.1 Å². The molecule has 0 aliphatic carbocycles. The minimum absolute atomic E-state index is 0.0789. The van der Waals surface area contributed by atoms with Crippen LogP contribution in [0.3, 0.4) is 0 Å². The lowest BCUT2D eigenvalue weighted by Gasteiger charge is -2.03. The number of carbonyl (C=O) groups is 2. The maximum atomic E-state index is 11.6. The van der Waals surface area contributed by atoms with Crippen LogP contribution in [0.15, 0.2) is 24.3 Å². The van der Waals surface area contributed by atoms with Gasteiger partial charge in [-0.15, -0.1) is 0 Å². The molecule has 1 N–H and O–H groups in total. The normalized spacial score (nSPS) is 9.00. The second-order valence-corrected chi connectivity index (χ2v) is 4.55. The van der Waals surface area contributed by atoms with Crippen molar-refractivity contribution < 1.29 is 9.59 Å². The Kier molecular flexibility index (Phi) is 6.33. The van der Waals surface area contributed by atoms with Crippen LogP contribution < -0.4 is 5.32 Å². The molecule has 4 heteroatoms. The molecule has 88 valence electrons. The predicted molar refractivity (Wildman–Crippen MR) is 74.6 cm³/mol. The van der Waals surface area contributed by atoms with Crippen molar-refractivity contribution in [3.63, 3.8) is 0 Å². The van der Waals surface area contributed by atoms with E-state index in [0.717, 1.165) is 9.99 Å². The number of halogens is 1. The van der Waals surface area contributed by atoms with Crippen molar-refractivity contribution in [3.05, 3.63) is 33.4 Å². The van der Waals surface area contributed by atoms with Crippen LogP contribution in [0.5, 0.6) is 0 Å². The van der Waals surface area contributed by atoms with Crippen molar-refractivity contribution in [2.24, 2.45) is 0 Å². The van der Waals surface area contributed by atoms with Gasteiger partial charge in [-0.3, -0.25) is 9.59 Å². The van der Waals surface area contributed by atoms with Gasteiger partial charge in [0.1, 0.15) is 0 Å². The molecule has 0 spiro atoms. The number of unbranched alkanes of at least 4 members (excludes halogenated alkanes) is 1. The SMILES string of the molecule is O=CC#CCCCNC(=O)c1ccc(I)cc1. The standard InChI is InChI=1S/C13H12INO2/c14-12-7-5-11(6-8-12)13(17)15-9-3-1-2-4-10-16/h5-8,10H,1,3,9H2,(H,15,17). The molecule has 0 radical (unpaired) electrons. The maximum absolute atomic E-state index is 11.6. The topological polar surface area (TPSA) is 46.2 Å². The molecule has 0 aliphatic rings. The number of carbonyl (C=O) groups excluding carboxylic acids is 2. The second kappa shape index (κ2) is 7.85. The van der Waals surface area contributed by atoms with Gasteiger partial charge in [-0.1, -0.05) is 5.92 Å². The highest BCUT2D eigenvalue weighted by Crippen LogP contribution is 2.06. The summed E-state index contributed by atoms with van der Waals surface area (Å²) in [6, 6.07) is 7.38.